The molecule has 0 aliphatic carbocycles. The minimum Gasteiger partial charge on any atom is -0.491 e. The first-order valence-corrected chi connectivity index (χ1v) is 10.7. The Hall–Kier alpha value is -3.22. The Morgan fingerprint density at radius 1 is 0.968 bits per heavy atom. The number of anilines is 1. The van der Waals surface area contributed by atoms with E-state index in [2.05, 4.69) is 16.0 Å². The zero-order chi connectivity index (χ0) is 21.5. The standard InChI is InChI=1S/C25H27N3O3/c29-22(18-27-14-16-28(17-15-27)24-8-4-5-13-26-24)19-31-23-11-9-21(10-12-23)25(30)20-6-2-1-3-7-20/h1-13,22,29H,14-19H2/p+2/t22-/m0/s1. The largest absolute Gasteiger partial charge is 0.491 e. The van der Waals surface area contributed by atoms with Gasteiger partial charge in [-0.1, -0.05) is 36.4 Å². The van der Waals surface area contributed by atoms with Crippen molar-refractivity contribution in [1.82, 2.24) is 0 Å². The van der Waals surface area contributed by atoms with E-state index < -0.39 is 6.10 Å². The predicted molar refractivity (Wildman–Crippen MR) is 119 cm³/mol. The number of H-pyrrole nitrogens is 1. The summed E-state index contributed by atoms with van der Waals surface area (Å²) in [4.78, 5) is 19.5. The van der Waals surface area contributed by atoms with Crippen LogP contribution < -0.4 is 19.5 Å². The van der Waals surface area contributed by atoms with Gasteiger partial charge in [0.1, 0.15) is 51.2 Å². The molecule has 1 aliphatic rings. The second kappa shape index (κ2) is 10.2. The molecule has 31 heavy (non-hydrogen) atoms. The molecular formula is C25H29N3O3+2. The lowest BCUT2D eigenvalue weighted by atomic mass is 10.0. The van der Waals surface area contributed by atoms with Crippen molar-refractivity contribution in [3.8, 4) is 5.75 Å². The highest BCUT2D eigenvalue weighted by Gasteiger charge is 2.27. The van der Waals surface area contributed by atoms with Crippen molar-refractivity contribution in [1.29, 1.82) is 0 Å². The van der Waals surface area contributed by atoms with Gasteiger partial charge in [-0.25, -0.2) is 4.98 Å². The second-order valence-electron chi connectivity index (χ2n) is 7.87. The molecule has 1 atom stereocenters. The summed E-state index contributed by atoms with van der Waals surface area (Å²) in [6.45, 7) is 4.79. The van der Waals surface area contributed by atoms with E-state index in [0.29, 0.717) is 23.4 Å². The number of quaternary nitrogens is 1. The van der Waals surface area contributed by atoms with Crippen LogP contribution in [0.1, 0.15) is 15.9 Å². The second-order valence-corrected chi connectivity index (χ2v) is 7.87. The van der Waals surface area contributed by atoms with E-state index in [1.54, 1.807) is 24.3 Å². The monoisotopic (exact) mass is 419 g/mol. The number of ketones is 1. The predicted octanol–water partition coefficient (Wildman–Crippen LogP) is 0.876. The van der Waals surface area contributed by atoms with Gasteiger partial charge >= 0.3 is 0 Å². The molecule has 1 aliphatic heterocycles. The third kappa shape index (κ3) is 5.69. The highest BCUT2D eigenvalue weighted by molar-refractivity contribution is 6.08. The van der Waals surface area contributed by atoms with E-state index in [-0.39, 0.29) is 12.4 Å². The maximum absolute atomic E-state index is 12.5. The highest BCUT2D eigenvalue weighted by atomic mass is 16.5. The average Bonchev–Trinajstić information content (AvgIpc) is 2.84. The van der Waals surface area contributed by atoms with Crippen LogP contribution in [0.3, 0.4) is 0 Å². The Morgan fingerprint density at radius 3 is 2.32 bits per heavy atom. The fourth-order valence-corrected chi connectivity index (χ4v) is 3.89. The number of aromatic nitrogens is 1. The van der Waals surface area contributed by atoms with Crippen molar-refractivity contribution in [2.75, 3.05) is 44.2 Å². The molecule has 0 saturated carbocycles. The topological polar surface area (TPSA) is 68.3 Å². The van der Waals surface area contributed by atoms with Crippen molar-refractivity contribution in [2.24, 2.45) is 0 Å². The van der Waals surface area contributed by atoms with Crippen LogP contribution in [0, 0.1) is 0 Å². The Kier molecular flexibility index (Phi) is 6.92. The van der Waals surface area contributed by atoms with Gasteiger partial charge in [0.15, 0.2) is 5.78 Å². The van der Waals surface area contributed by atoms with Gasteiger partial charge in [0, 0.05) is 17.2 Å². The van der Waals surface area contributed by atoms with Gasteiger partial charge < -0.3 is 14.7 Å². The molecule has 2 heterocycles. The molecule has 1 saturated heterocycles. The van der Waals surface area contributed by atoms with Gasteiger partial charge in [-0.15, -0.1) is 0 Å². The third-order valence-corrected chi connectivity index (χ3v) is 5.62. The molecule has 0 unspecified atom stereocenters. The fraction of sp³-hybridized carbons (Fsp3) is 0.280. The third-order valence-electron chi connectivity index (χ3n) is 5.62. The summed E-state index contributed by atoms with van der Waals surface area (Å²) < 4.78 is 5.75. The number of nitrogens with one attached hydrogen (secondary N) is 2. The van der Waals surface area contributed by atoms with Crippen molar-refractivity contribution in [3.05, 3.63) is 90.1 Å². The van der Waals surface area contributed by atoms with Gasteiger partial charge in [0.05, 0.1) is 6.20 Å². The van der Waals surface area contributed by atoms with E-state index in [4.69, 9.17) is 4.74 Å². The van der Waals surface area contributed by atoms with E-state index >= 15 is 0 Å². The van der Waals surface area contributed by atoms with E-state index in [0.717, 1.165) is 32.0 Å². The lowest BCUT2D eigenvalue weighted by Gasteiger charge is -2.29. The average molecular weight is 420 g/mol. The number of aliphatic hydroxyl groups is 1. The molecule has 160 valence electrons. The summed E-state index contributed by atoms with van der Waals surface area (Å²) in [6.07, 6.45) is 1.41. The number of pyridine rings is 1. The van der Waals surface area contributed by atoms with Gasteiger partial charge in [-0.3, -0.25) is 9.69 Å². The molecule has 4 rings (SSSR count). The first-order valence-electron chi connectivity index (χ1n) is 10.7. The molecule has 0 radical (unpaired) electrons. The maximum atomic E-state index is 12.5. The van der Waals surface area contributed by atoms with E-state index in [1.807, 2.05) is 48.7 Å². The van der Waals surface area contributed by atoms with Crippen LogP contribution in [0.2, 0.25) is 0 Å². The van der Waals surface area contributed by atoms with Gasteiger partial charge in [0.2, 0.25) is 0 Å². The zero-order valence-corrected chi connectivity index (χ0v) is 17.5. The van der Waals surface area contributed by atoms with Gasteiger partial charge in [0.25, 0.3) is 5.82 Å². The number of hydrogen-bond acceptors (Lipinski definition) is 4. The number of nitrogens with zero attached hydrogens (tertiary/aromatic N) is 1. The van der Waals surface area contributed by atoms with Crippen LogP contribution in [0.4, 0.5) is 5.82 Å². The molecule has 3 N–H and O–H groups in total. The van der Waals surface area contributed by atoms with E-state index in [9.17, 15) is 9.90 Å². The summed E-state index contributed by atoms with van der Waals surface area (Å²) in [5.41, 5.74) is 1.29. The Morgan fingerprint density at radius 2 is 1.65 bits per heavy atom. The molecule has 1 aromatic heterocycles. The number of carbonyl (C=O) groups excluding carboxylic acids is 1. The first-order chi connectivity index (χ1) is 15.2. The number of hydrogen-bond donors (Lipinski definition) is 2. The molecule has 6 heteroatoms. The van der Waals surface area contributed by atoms with E-state index in [1.165, 1.54) is 4.90 Å². The summed E-state index contributed by atoms with van der Waals surface area (Å²) in [5, 5.41) is 10.4. The zero-order valence-electron chi connectivity index (χ0n) is 17.5. The molecule has 0 spiro atoms. The molecule has 2 aromatic carbocycles. The summed E-state index contributed by atoms with van der Waals surface area (Å²) in [5.74, 6) is 1.78. The molecular weight excluding hydrogens is 390 g/mol. The summed E-state index contributed by atoms with van der Waals surface area (Å²) in [6, 6.07) is 22.4. The highest BCUT2D eigenvalue weighted by Crippen LogP contribution is 2.15. The SMILES string of the molecule is O=C(c1ccccc1)c1ccc(OC[C@@H](O)C[NH+]2CCN(c3cccc[nH+]3)CC2)cc1. The molecule has 1 fully saturated rings. The van der Waals surface area contributed by atoms with Crippen LogP contribution in [-0.4, -0.2) is 56.3 Å². The van der Waals surface area contributed by atoms with Crippen molar-refractivity contribution < 1.29 is 24.5 Å². The molecule has 6 nitrogen and oxygen atoms in total. The maximum Gasteiger partial charge on any atom is 0.274 e. The summed E-state index contributed by atoms with van der Waals surface area (Å²) in [7, 11) is 0. The number of rotatable bonds is 8. The minimum atomic E-state index is -0.532. The lowest BCUT2D eigenvalue weighted by Crippen LogP contribution is -3.16. The van der Waals surface area contributed by atoms with Gasteiger partial charge in [-0.05, 0) is 30.3 Å². The Labute approximate surface area is 182 Å². The molecule has 3 aromatic rings. The van der Waals surface area contributed by atoms with Crippen LogP contribution >= 0.6 is 0 Å². The summed E-state index contributed by atoms with van der Waals surface area (Å²) >= 11 is 0. The number of ether oxygens (including phenoxy) is 1. The van der Waals surface area contributed by atoms with Crippen molar-refractivity contribution in [3.63, 3.8) is 0 Å². The lowest BCUT2D eigenvalue weighted by molar-refractivity contribution is -0.903. The normalized spacial score (nSPS) is 15.5. The van der Waals surface area contributed by atoms with Crippen LogP contribution in [0.5, 0.6) is 5.75 Å². The molecule has 0 bridgehead atoms. The van der Waals surface area contributed by atoms with Crippen LogP contribution in [0.25, 0.3) is 0 Å². The molecule has 0 amide bonds. The quantitative estimate of drug-likeness (QED) is 0.532. The number of carbonyl (C=O) groups is 1. The number of aromatic amines is 1. The Bertz CT molecular complexity index is 956. The fourth-order valence-electron chi connectivity index (χ4n) is 3.89. The number of aliphatic hydroxyl groups excluding tert-OH is 1. The van der Waals surface area contributed by atoms with Gasteiger partial charge in [-0.2, -0.15) is 0 Å². The number of benzene rings is 2. The van der Waals surface area contributed by atoms with Crippen molar-refractivity contribution in [2.45, 2.75) is 6.10 Å². The first kappa shape index (κ1) is 21.0. The minimum absolute atomic E-state index is 0.0111. The smallest absolute Gasteiger partial charge is 0.274 e. The van der Waals surface area contributed by atoms with Crippen LogP contribution in [0.15, 0.2) is 79.0 Å². The number of piperazine rings is 1. The Balaban J connectivity index is 1.21. The van der Waals surface area contributed by atoms with Crippen molar-refractivity contribution >= 4 is 11.6 Å². The van der Waals surface area contributed by atoms with Crippen LogP contribution in [-0.2, 0) is 0 Å².